The molecule has 0 radical (unpaired) electrons. The van der Waals surface area contributed by atoms with Crippen LogP contribution in [-0.2, 0) is 0 Å². The molecule has 1 saturated heterocycles. The van der Waals surface area contributed by atoms with Gasteiger partial charge in [0.25, 0.3) is 0 Å². The minimum Gasteiger partial charge on any atom is -0.339 e. The summed E-state index contributed by atoms with van der Waals surface area (Å²) in [4.78, 5) is 19.0. The first kappa shape index (κ1) is 17.3. The van der Waals surface area contributed by atoms with Gasteiger partial charge in [0.2, 0.25) is 11.7 Å². The molecule has 1 aliphatic rings. The Morgan fingerprint density at radius 3 is 2.70 bits per heavy atom. The largest absolute Gasteiger partial charge is 0.339 e. The molecule has 2 heterocycles. The van der Waals surface area contributed by atoms with Crippen molar-refractivity contribution in [1.29, 1.82) is 0 Å². The van der Waals surface area contributed by atoms with E-state index in [9.17, 15) is 4.79 Å². The van der Waals surface area contributed by atoms with Crippen LogP contribution in [0.25, 0.3) is 11.4 Å². The Kier molecular flexibility index (Phi) is 4.87. The molecule has 1 fully saturated rings. The van der Waals surface area contributed by atoms with E-state index >= 15 is 0 Å². The number of hydrogen-bond donors (Lipinski definition) is 1. The van der Waals surface area contributed by atoms with Gasteiger partial charge in [-0.1, -0.05) is 53.2 Å². The van der Waals surface area contributed by atoms with Crippen LogP contribution in [0.4, 0.5) is 10.5 Å². The summed E-state index contributed by atoms with van der Waals surface area (Å²) in [6.07, 6.45) is 1.85. The van der Waals surface area contributed by atoms with Gasteiger partial charge in [0.1, 0.15) is 0 Å². The molecule has 27 heavy (non-hydrogen) atoms. The molecule has 0 saturated carbocycles. The van der Waals surface area contributed by atoms with Crippen LogP contribution < -0.4 is 5.32 Å². The highest BCUT2D eigenvalue weighted by molar-refractivity contribution is 5.89. The second kappa shape index (κ2) is 7.61. The number of nitrogens with zero attached hydrogens (tertiary/aromatic N) is 3. The van der Waals surface area contributed by atoms with E-state index in [4.69, 9.17) is 4.52 Å². The lowest BCUT2D eigenvalue weighted by atomic mass is 9.98. The number of piperidine rings is 1. The number of carbonyl (C=O) groups excluding carboxylic acids is 1. The highest BCUT2D eigenvalue weighted by atomic mass is 16.5. The number of aromatic nitrogens is 2. The van der Waals surface area contributed by atoms with E-state index in [2.05, 4.69) is 15.5 Å². The van der Waals surface area contributed by atoms with E-state index in [0.717, 1.165) is 36.2 Å². The van der Waals surface area contributed by atoms with E-state index in [0.29, 0.717) is 18.3 Å². The Bertz CT molecular complexity index is 905. The first-order valence-corrected chi connectivity index (χ1v) is 9.20. The van der Waals surface area contributed by atoms with Gasteiger partial charge in [-0.3, -0.25) is 0 Å². The fourth-order valence-corrected chi connectivity index (χ4v) is 3.31. The van der Waals surface area contributed by atoms with Crippen molar-refractivity contribution in [1.82, 2.24) is 15.0 Å². The highest BCUT2D eigenvalue weighted by Gasteiger charge is 2.28. The van der Waals surface area contributed by atoms with Crippen LogP contribution in [-0.4, -0.2) is 34.2 Å². The zero-order valence-corrected chi connectivity index (χ0v) is 15.3. The average molecular weight is 362 g/mol. The van der Waals surface area contributed by atoms with Gasteiger partial charge in [-0.2, -0.15) is 4.98 Å². The molecule has 138 valence electrons. The summed E-state index contributed by atoms with van der Waals surface area (Å²) in [5.41, 5.74) is 2.89. The molecule has 2 amide bonds. The van der Waals surface area contributed by atoms with Crippen LogP contribution in [0.3, 0.4) is 0 Å². The fourth-order valence-electron chi connectivity index (χ4n) is 3.31. The summed E-state index contributed by atoms with van der Waals surface area (Å²) >= 11 is 0. The first-order valence-electron chi connectivity index (χ1n) is 9.20. The van der Waals surface area contributed by atoms with Gasteiger partial charge in [-0.15, -0.1) is 0 Å². The van der Waals surface area contributed by atoms with Gasteiger partial charge in [0.05, 0.1) is 5.92 Å². The predicted octanol–water partition coefficient (Wildman–Crippen LogP) is 4.46. The lowest BCUT2D eigenvalue weighted by Crippen LogP contribution is -2.41. The van der Waals surface area contributed by atoms with Crippen LogP contribution in [0.2, 0.25) is 0 Å². The minimum absolute atomic E-state index is 0.0625. The average Bonchev–Trinajstić information content (AvgIpc) is 3.21. The Morgan fingerprint density at radius 2 is 1.93 bits per heavy atom. The number of amides is 2. The summed E-state index contributed by atoms with van der Waals surface area (Å²) in [6, 6.07) is 17.5. The van der Waals surface area contributed by atoms with E-state index < -0.39 is 0 Å². The molecular weight excluding hydrogens is 340 g/mol. The summed E-state index contributed by atoms with van der Waals surface area (Å²) in [5, 5.41) is 7.06. The third-order valence-electron chi connectivity index (χ3n) is 4.83. The highest BCUT2D eigenvalue weighted by Crippen LogP contribution is 2.28. The second-order valence-corrected chi connectivity index (χ2v) is 6.90. The Hall–Kier alpha value is -3.15. The Morgan fingerprint density at radius 1 is 1.15 bits per heavy atom. The van der Waals surface area contributed by atoms with E-state index in [-0.39, 0.29) is 11.9 Å². The minimum atomic E-state index is -0.0913. The van der Waals surface area contributed by atoms with Crippen molar-refractivity contribution < 1.29 is 9.32 Å². The zero-order valence-electron chi connectivity index (χ0n) is 15.3. The van der Waals surface area contributed by atoms with Crippen molar-refractivity contribution in [2.45, 2.75) is 25.7 Å². The molecule has 3 aromatic rings. The number of nitrogens with one attached hydrogen (secondary N) is 1. The first-order chi connectivity index (χ1) is 13.2. The normalized spacial score (nSPS) is 16.9. The maximum absolute atomic E-state index is 12.6. The van der Waals surface area contributed by atoms with Crippen LogP contribution in [0.1, 0.15) is 30.2 Å². The molecule has 1 atom stereocenters. The number of aryl methyl sites for hydroxylation is 1. The molecule has 0 aliphatic carbocycles. The maximum Gasteiger partial charge on any atom is 0.321 e. The summed E-state index contributed by atoms with van der Waals surface area (Å²) in [7, 11) is 0. The van der Waals surface area contributed by atoms with Crippen molar-refractivity contribution in [3.05, 3.63) is 66.1 Å². The predicted molar refractivity (Wildman–Crippen MR) is 103 cm³/mol. The smallest absolute Gasteiger partial charge is 0.321 e. The molecule has 1 aliphatic heterocycles. The quantitative estimate of drug-likeness (QED) is 0.747. The molecule has 2 aromatic carbocycles. The standard InChI is InChI=1S/C21H22N4O2/c1-15-9-11-18(12-10-15)22-21(26)25-13-5-8-17(14-25)20-23-19(24-27-20)16-6-3-2-4-7-16/h2-4,6-7,9-12,17H,5,8,13-14H2,1H3,(H,22,26). The van der Waals surface area contributed by atoms with E-state index in [1.54, 1.807) is 0 Å². The molecule has 4 rings (SSSR count). The summed E-state index contributed by atoms with van der Waals surface area (Å²) in [6.45, 7) is 3.33. The van der Waals surface area contributed by atoms with Crippen molar-refractivity contribution in [3.8, 4) is 11.4 Å². The Labute approximate surface area is 158 Å². The van der Waals surface area contributed by atoms with Gasteiger partial charge in [0.15, 0.2) is 0 Å². The number of urea groups is 1. The van der Waals surface area contributed by atoms with Crippen LogP contribution >= 0.6 is 0 Å². The number of hydrogen-bond acceptors (Lipinski definition) is 4. The molecule has 1 aromatic heterocycles. The van der Waals surface area contributed by atoms with Gasteiger partial charge >= 0.3 is 6.03 Å². The van der Waals surface area contributed by atoms with Crippen molar-refractivity contribution in [3.63, 3.8) is 0 Å². The molecule has 0 spiro atoms. The van der Waals surface area contributed by atoms with E-state index in [1.807, 2.05) is 66.4 Å². The fraction of sp³-hybridized carbons (Fsp3) is 0.286. The van der Waals surface area contributed by atoms with Gasteiger partial charge in [-0.25, -0.2) is 4.79 Å². The third-order valence-corrected chi connectivity index (χ3v) is 4.83. The maximum atomic E-state index is 12.6. The monoisotopic (exact) mass is 362 g/mol. The van der Waals surface area contributed by atoms with E-state index in [1.165, 1.54) is 0 Å². The number of rotatable bonds is 3. The number of carbonyl (C=O) groups is 1. The number of anilines is 1. The summed E-state index contributed by atoms with van der Waals surface area (Å²) in [5.74, 6) is 1.25. The lowest BCUT2D eigenvalue weighted by molar-refractivity contribution is 0.184. The number of likely N-dealkylation sites (tertiary alicyclic amines) is 1. The van der Waals surface area contributed by atoms with Crippen LogP contribution in [0.15, 0.2) is 59.1 Å². The molecule has 1 N–H and O–H groups in total. The van der Waals surface area contributed by atoms with Crippen molar-refractivity contribution >= 4 is 11.7 Å². The van der Waals surface area contributed by atoms with Crippen LogP contribution in [0.5, 0.6) is 0 Å². The summed E-state index contributed by atoms with van der Waals surface area (Å²) < 4.78 is 5.50. The van der Waals surface area contributed by atoms with Crippen LogP contribution in [0, 0.1) is 6.92 Å². The van der Waals surface area contributed by atoms with Gasteiger partial charge in [0, 0.05) is 24.3 Å². The molecule has 6 heteroatoms. The second-order valence-electron chi connectivity index (χ2n) is 6.90. The topological polar surface area (TPSA) is 71.3 Å². The SMILES string of the molecule is Cc1ccc(NC(=O)N2CCCC(c3nc(-c4ccccc4)no3)C2)cc1. The Balaban J connectivity index is 1.43. The molecule has 6 nitrogen and oxygen atoms in total. The van der Waals surface area contributed by atoms with Gasteiger partial charge < -0.3 is 14.7 Å². The number of benzene rings is 2. The molecule has 1 unspecified atom stereocenters. The third kappa shape index (κ3) is 4.00. The van der Waals surface area contributed by atoms with Crippen molar-refractivity contribution in [2.24, 2.45) is 0 Å². The molecular formula is C21H22N4O2. The zero-order chi connectivity index (χ0) is 18.6. The van der Waals surface area contributed by atoms with Crippen molar-refractivity contribution in [2.75, 3.05) is 18.4 Å². The van der Waals surface area contributed by atoms with Gasteiger partial charge in [-0.05, 0) is 31.9 Å². The molecule has 0 bridgehead atoms. The lowest BCUT2D eigenvalue weighted by Gasteiger charge is -2.31.